The molecular weight excluding hydrogens is 272 g/mol. The maximum atomic E-state index is 12.4. The number of esters is 1. The molecule has 120 valence electrons. The number of carbonyl (C=O) groups is 1. The van der Waals surface area contributed by atoms with Crippen LogP contribution in [0.5, 0.6) is 0 Å². The molecule has 0 spiro atoms. The van der Waals surface area contributed by atoms with Crippen molar-refractivity contribution in [3.05, 3.63) is 10.4 Å². The lowest BCUT2D eigenvalue weighted by Gasteiger charge is -2.44. The maximum absolute atomic E-state index is 12.4. The Labute approximate surface area is 126 Å². The van der Waals surface area contributed by atoms with Gasteiger partial charge >= 0.3 is 5.97 Å². The third-order valence-corrected chi connectivity index (χ3v) is 4.03. The highest BCUT2D eigenvalue weighted by Crippen LogP contribution is 2.35. The van der Waals surface area contributed by atoms with E-state index in [1.54, 1.807) is 0 Å². The first-order chi connectivity index (χ1) is 10.0. The Morgan fingerprint density at radius 1 is 1.52 bits per heavy atom. The Morgan fingerprint density at radius 3 is 2.90 bits per heavy atom. The van der Waals surface area contributed by atoms with Crippen LogP contribution in [-0.2, 0) is 14.3 Å². The first kappa shape index (κ1) is 17.8. The molecule has 7 nitrogen and oxygen atoms in total. The van der Waals surface area contributed by atoms with Crippen LogP contribution >= 0.6 is 0 Å². The molecule has 1 aliphatic heterocycles. The van der Waals surface area contributed by atoms with E-state index in [-0.39, 0.29) is 11.6 Å². The van der Waals surface area contributed by atoms with Crippen LogP contribution in [0.4, 0.5) is 0 Å². The molecule has 1 fully saturated rings. The summed E-state index contributed by atoms with van der Waals surface area (Å²) in [7, 11) is 0. The number of rotatable bonds is 8. The highest BCUT2D eigenvalue weighted by molar-refractivity contribution is 5.81. The van der Waals surface area contributed by atoms with Crippen molar-refractivity contribution in [2.24, 2.45) is 5.11 Å². The molecule has 2 atom stereocenters. The molecule has 1 rings (SSSR count). The third kappa shape index (κ3) is 4.88. The summed E-state index contributed by atoms with van der Waals surface area (Å²) in [4.78, 5) is 15.1. The molecule has 1 N–H and O–H groups in total. The lowest BCUT2D eigenvalue weighted by atomic mass is 9.79. The smallest absolute Gasteiger partial charge is 0.326 e. The second kappa shape index (κ2) is 8.22. The number of nitrogens with zero attached hydrogens (tertiary/aromatic N) is 3. The van der Waals surface area contributed by atoms with Gasteiger partial charge in [0.25, 0.3) is 0 Å². The monoisotopic (exact) mass is 298 g/mol. The maximum Gasteiger partial charge on any atom is 0.326 e. The molecule has 0 saturated carbocycles. The minimum atomic E-state index is -0.699. The molecule has 0 radical (unpaired) electrons. The summed E-state index contributed by atoms with van der Waals surface area (Å²) in [5.74, 6) is -0.211. The molecule has 0 bridgehead atoms. The molecule has 0 aliphatic carbocycles. The van der Waals surface area contributed by atoms with E-state index in [1.807, 2.05) is 13.8 Å². The zero-order valence-corrected chi connectivity index (χ0v) is 13.2. The first-order valence-electron chi connectivity index (χ1n) is 7.59. The minimum Gasteiger partial charge on any atom is -0.465 e. The average Bonchev–Trinajstić information content (AvgIpc) is 2.47. The largest absolute Gasteiger partial charge is 0.465 e. The van der Waals surface area contributed by atoms with E-state index >= 15 is 0 Å². The predicted molar refractivity (Wildman–Crippen MR) is 79.9 cm³/mol. The van der Waals surface area contributed by atoms with Crippen LogP contribution < -0.4 is 5.32 Å². The summed E-state index contributed by atoms with van der Waals surface area (Å²) in [5.41, 5.74) is 7.26. The Hall–Kier alpha value is -1.30. The summed E-state index contributed by atoms with van der Waals surface area (Å²) < 4.78 is 11.1. The number of nitrogens with one attached hydrogen (secondary N) is 1. The Morgan fingerprint density at radius 2 is 2.29 bits per heavy atom. The van der Waals surface area contributed by atoms with E-state index in [0.29, 0.717) is 45.6 Å². The number of hydrogen-bond acceptors (Lipinski definition) is 5. The molecule has 7 heteroatoms. The molecule has 0 aromatic carbocycles. The standard InChI is InChI=1S/C14H26N4O3/c1-4-13(3)11-14(7-10-21-13,12(19)20-5-2)16-8-6-9-17-18-15/h16H,4-11H2,1-3H3. The number of azide groups is 1. The molecule has 0 aromatic rings. The number of ether oxygens (including phenoxy) is 2. The topological polar surface area (TPSA) is 96.3 Å². The first-order valence-corrected chi connectivity index (χ1v) is 7.59. The van der Waals surface area contributed by atoms with Gasteiger partial charge in [0.15, 0.2) is 0 Å². The van der Waals surface area contributed by atoms with Crippen LogP contribution in [0.3, 0.4) is 0 Å². The van der Waals surface area contributed by atoms with Gasteiger partial charge in [-0.3, -0.25) is 4.79 Å². The Bertz CT molecular complexity index is 398. The summed E-state index contributed by atoms with van der Waals surface area (Å²) in [6.45, 7) is 7.83. The summed E-state index contributed by atoms with van der Waals surface area (Å²) >= 11 is 0. The molecule has 21 heavy (non-hydrogen) atoms. The van der Waals surface area contributed by atoms with Gasteiger partial charge in [-0.15, -0.1) is 0 Å². The fraction of sp³-hybridized carbons (Fsp3) is 0.929. The van der Waals surface area contributed by atoms with Gasteiger partial charge in [-0.2, -0.15) is 0 Å². The molecular formula is C14H26N4O3. The predicted octanol–water partition coefficient (Wildman–Crippen LogP) is 2.56. The van der Waals surface area contributed by atoms with Crippen molar-refractivity contribution in [2.75, 3.05) is 26.3 Å². The van der Waals surface area contributed by atoms with E-state index in [1.165, 1.54) is 0 Å². The zero-order chi connectivity index (χ0) is 15.8. The van der Waals surface area contributed by atoms with E-state index in [9.17, 15) is 4.79 Å². The summed E-state index contributed by atoms with van der Waals surface area (Å²) in [6.07, 6.45) is 2.73. The van der Waals surface area contributed by atoms with Crippen molar-refractivity contribution in [1.82, 2.24) is 5.32 Å². The van der Waals surface area contributed by atoms with Crippen molar-refractivity contribution in [1.29, 1.82) is 0 Å². The van der Waals surface area contributed by atoms with Crippen LogP contribution in [0.15, 0.2) is 5.11 Å². The zero-order valence-electron chi connectivity index (χ0n) is 13.2. The highest BCUT2D eigenvalue weighted by atomic mass is 16.5. The van der Waals surface area contributed by atoms with Crippen molar-refractivity contribution < 1.29 is 14.3 Å². The van der Waals surface area contributed by atoms with Gasteiger partial charge in [-0.1, -0.05) is 12.0 Å². The fourth-order valence-electron chi connectivity index (χ4n) is 2.67. The van der Waals surface area contributed by atoms with Crippen molar-refractivity contribution in [3.63, 3.8) is 0 Å². The molecule has 0 aromatic heterocycles. The average molecular weight is 298 g/mol. The second-order valence-electron chi connectivity index (χ2n) is 5.62. The van der Waals surface area contributed by atoms with Crippen LogP contribution in [0, 0.1) is 0 Å². The van der Waals surface area contributed by atoms with Crippen LogP contribution in [-0.4, -0.2) is 43.4 Å². The lowest BCUT2D eigenvalue weighted by molar-refractivity contribution is -0.166. The van der Waals surface area contributed by atoms with Crippen LogP contribution in [0.2, 0.25) is 0 Å². The second-order valence-corrected chi connectivity index (χ2v) is 5.62. The third-order valence-electron chi connectivity index (χ3n) is 4.03. The van der Waals surface area contributed by atoms with Gasteiger partial charge in [0, 0.05) is 24.5 Å². The van der Waals surface area contributed by atoms with E-state index in [4.69, 9.17) is 15.0 Å². The van der Waals surface area contributed by atoms with Gasteiger partial charge in [0.2, 0.25) is 0 Å². The van der Waals surface area contributed by atoms with Crippen LogP contribution in [0.25, 0.3) is 10.4 Å². The molecule has 1 heterocycles. The van der Waals surface area contributed by atoms with Gasteiger partial charge in [0.1, 0.15) is 5.54 Å². The number of carbonyl (C=O) groups excluding carboxylic acids is 1. The quantitative estimate of drug-likeness (QED) is 0.245. The van der Waals surface area contributed by atoms with Crippen molar-refractivity contribution in [3.8, 4) is 0 Å². The lowest BCUT2D eigenvalue weighted by Crippen LogP contribution is -2.61. The highest BCUT2D eigenvalue weighted by Gasteiger charge is 2.48. The Kier molecular flexibility index (Phi) is 6.95. The molecule has 1 saturated heterocycles. The SMILES string of the molecule is CCOC(=O)C1(NCCCN=[N+]=[N-])CCOC(C)(CC)C1. The van der Waals surface area contributed by atoms with Crippen molar-refractivity contribution >= 4 is 5.97 Å². The van der Waals surface area contributed by atoms with E-state index in [0.717, 1.165) is 6.42 Å². The van der Waals surface area contributed by atoms with Gasteiger partial charge in [-0.25, -0.2) is 0 Å². The molecule has 0 amide bonds. The van der Waals surface area contributed by atoms with Gasteiger partial charge in [-0.05, 0) is 45.2 Å². The molecule has 2 unspecified atom stereocenters. The van der Waals surface area contributed by atoms with E-state index in [2.05, 4.69) is 22.3 Å². The minimum absolute atomic E-state index is 0.211. The molecule has 1 aliphatic rings. The van der Waals surface area contributed by atoms with Gasteiger partial charge in [0.05, 0.1) is 12.2 Å². The van der Waals surface area contributed by atoms with E-state index < -0.39 is 5.54 Å². The fourth-order valence-corrected chi connectivity index (χ4v) is 2.67. The number of hydrogen-bond donors (Lipinski definition) is 1. The van der Waals surface area contributed by atoms with Crippen molar-refractivity contribution in [2.45, 2.75) is 57.6 Å². The Balaban J connectivity index is 2.75. The van der Waals surface area contributed by atoms with Gasteiger partial charge < -0.3 is 14.8 Å². The summed E-state index contributed by atoms with van der Waals surface area (Å²) in [5, 5.41) is 6.83. The van der Waals surface area contributed by atoms with Crippen LogP contribution in [0.1, 0.15) is 46.5 Å². The normalized spacial score (nSPS) is 28.7. The summed E-state index contributed by atoms with van der Waals surface area (Å²) in [6, 6.07) is 0.